The summed E-state index contributed by atoms with van der Waals surface area (Å²) < 4.78 is 41.4. The molecule has 5 heteroatoms. The van der Waals surface area contributed by atoms with E-state index in [1.807, 2.05) is 30.3 Å². The van der Waals surface area contributed by atoms with Crippen LogP contribution >= 0.6 is 0 Å². The molecular formula is C14H12F3NO. The molecular weight excluding hydrogens is 255 g/mol. The van der Waals surface area contributed by atoms with Gasteiger partial charge < -0.3 is 10.1 Å². The lowest BCUT2D eigenvalue weighted by molar-refractivity contribution is -0.0521. The van der Waals surface area contributed by atoms with Crippen LogP contribution in [-0.2, 0) is 6.54 Å². The van der Waals surface area contributed by atoms with Crippen LogP contribution in [0.4, 0.5) is 18.9 Å². The summed E-state index contributed by atoms with van der Waals surface area (Å²) in [7, 11) is 0. The lowest BCUT2D eigenvalue weighted by Crippen LogP contribution is -2.04. The number of rotatable bonds is 5. The Morgan fingerprint density at radius 2 is 1.79 bits per heavy atom. The lowest BCUT2D eigenvalue weighted by Gasteiger charge is -2.09. The third-order valence-electron chi connectivity index (χ3n) is 2.49. The molecule has 0 aliphatic rings. The van der Waals surface area contributed by atoms with E-state index in [2.05, 4.69) is 10.1 Å². The summed E-state index contributed by atoms with van der Waals surface area (Å²) in [5.41, 5.74) is 1.54. The quantitative estimate of drug-likeness (QED) is 0.882. The number of anilines is 1. The average Bonchev–Trinajstić information content (AvgIpc) is 2.40. The van der Waals surface area contributed by atoms with Crippen molar-refractivity contribution in [3.63, 3.8) is 0 Å². The minimum absolute atomic E-state index is 0.458. The van der Waals surface area contributed by atoms with Crippen LogP contribution in [0.15, 0.2) is 48.5 Å². The molecule has 1 N–H and O–H groups in total. The van der Waals surface area contributed by atoms with Gasteiger partial charge in [-0.3, -0.25) is 0 Å². The third kappa shape index (κ3) is 3.91. The van der Waals surface area contributed by atoms with Gasteiger partial charge in [-0.15, -0.1) is 0 Å². The number of halogens is 3. The molecule has 0 atom stereocenters. The molecule has 2 rings (SSSR count). The highest BCUT2D eigenvalue weighted by molar-refractivity contribution is 5.47. The topological polar surface area (TPSA) is 21.3 Å². The van der Waals surface area contributed by atoms with Gasteiger partial charge in [0.15, 0.2) is 11.6 Å². The highest BCUT2D eigenvalue weighted by Crippen LogP contribution is 2.23. The Morgan fingerprint density at radius 1 is 1.05 bits per heavy atom. The molecule has 0 aliphatic heterocycles. The fourth-order valence-corrected chi connectivity index (χ4v) is 1.60. The van der Waals surface area contributed by atoms with Crippen molar-refractivity contribution in [1.82, 2.24) is 0 Å². The van der Waals surface area contributed by atoms with E-state index >= 15 is 0 Å². The fourth-order valence-electron chi connectivity index (χ4n) is 1.60. The van der Waals surface area contributed by atoms with Crippen molar-refractivity contribution in [2.75, 3.05) is 5.32 Å². The summed E-state index contributed by atoms with van der Waals surface area (Å²) >= 11 is 0. The first-order valence-corrected chi connectivity index (χ1v) is 5.67. The first kappa shape index (κ1) is 13.3. The van der Waals surface area contributed by atoms with Gasteiger partial charge in [0.25, 0.3) is 0 Å². The molecule has 0 saturated heterocycles. The van der Waals surface area contributed by atoms with Crippen LogP contribution in [0.2, 0.25) is 0 Å². The second kappa shape index (κ2) is 6.13. The molecule has 2 nitrogen and oxygen atoms in total. The average molecular weight is 267 g/mol. The molecule has 0 bridgehead atoms. The third-order valence-corrected chi connectivity index (χ3v) is 2.49. The Hall–Kier alpha value is -2.17. The van der Waals surface area contributed by atoms with Gasteiger partial charge in [0.1, 0.15) is 0 Å². The van der Waals surface area contributed by atoms with Gasteiger partial charge in [-0.25, -0.2) is 4.39 Å². The maximum Gasteiger partial charge on any atom is 0.387 e. The van der Waals surface area contributed by atoms with Crippen LogP contribution in [-0.4, -0.2) is 6.61 Å². The Bertz CT molecular complexity index is 531. The Balaban J connectivity index is 2.00. The van der Waals surface area contributed by atoms with Crippen molar-refractivity contribution in [3.8, 4) is 5.75 Å². The van der Waals surface area contributed by atoms with Gasteiger partial charge in [0.2, 0.25) is 0 Å². The van der Waals surface area contributed by atoms with Crippen molar-refractivity contribution >= 4 is 5.69 Å². The summed E-state index contributed by atoms with van der Waals surface area (Å²) in [6.07, 6.45) is 0. The van der Waals surface area contributed by atoms with Gasteiger partial charge >= 0.3 is 6.61 Å². The second-order valence-electron chi connectivity index (χ2n) is 3.86. The second-order valence-corrected chi connectivity index (χ2v) is 3.86. The fraction of sp³-hybridized carbons (Fsp3) is 0.143. The van der Waals surface area contributed by atoms with Gasteiger partial charge in [0, 0.05) is 18.3 Å². The minimum Gasteiger partial charge on any atom is -0.432 e. The molecule has 0 unspecified atom stereocenters. The molecule has 0 fully saturated rings. The molecule has 0 heterocycles. The molecule has 0 saturated carbocycles. The molecule has 0 aliphatic carbocycles. The summed E-state index contributed by atoms with van der Waals surface area (Å²) in [5, 5.41) is 3.00. The predicted molar refractivity (Wildman–Crippen MR) is 66.8 cm³/mol. The molecule has 0 amide bonds. The molecule has 2 aromatic rings. The zero-order valence-electron chi connectivity index (χ0n) is 9.95. The predicted octanol–water partition coefficient (Wildman–Crippen LogP) is 4.04. The van der Waals surface area contributed by atoms with Crippen molar-refractivity contribution in [3.05, 3.63) is 59.9 Å². The molecule has 100 valence electrons. The van der Waals surface area contributed by atoms with Crippen molar-refractivity contribution in [2.24, 2.45) is 0 Å². The van der Waals surface area contributed by atoms with Crippen molar-refractivity contribution in [1.29, 1.82) is 0 Å². The van der Waals surface area contributed by atoms with E-state index in [0.717, 1.165) is 11.6 Å². The van der Waals surface area contributed by atoms with Crippen LogP contribution in [0.5, 0.6) is 5.75 Å². The van der Waals surface area contributed by atoms with Crippen LogP contribution in [0, 0.1) is 5.82 Å². The van der Waals surface area contributed by atoms with Crippen molar-refractivity contribution in [2.45, 2.75) is 13.2 Å². The van der Waals surface area contributed by atoms with Gasteiger partial charge in [0.05, 0.1) is 0 Å². The maximum atomic E-state index is 13.4. The van der Waals surface area contributed by atoms with Crippen LogP contribution in [0.1, 0.15) is 5.56 Å². The van der Waals surface area contributed by atoms with Gasteiger partial charge in [-0.05, 0) is 17.7 Å². The summed E-state index contributed by atoms with van der Waals surface area (Å²) in [5.74, 6) is -1.28. The van der Waals surface area contributed by atoms with Crippen molar-refractivity contribution < 1.29 is 17.9 Å². The Labute approximate surface area is 108 Å². The molecule has 0 radical (unpaired) electrons. The SMILES string of the molecule is Fc1cc(NCc2ccccc2)ccc1OC(F)F. The number of hydrogen-bond acceptors (Lipinski definition) is 2. The van der Waals surface area contributed by atoms with E-state index in [9.17, 15) is 13.2 Å². The number of benzene rings is 2. The van der Waals surface area contributed by atoms with E-state index < -0.39 is 18.2 Å². The van der Waals surface area contributed by atoms with Crippen LogP contribution < -0.4 is 10.1 Å². The standard InChI is InChI=1S/C14H12F3NO/c15-12-8-11(6-7-13(12)19-14(16)17)18-9-10-4-2-1-3-5-10/h1-8,14,18H,9H2. The zero-order valence-corrected chi connectivity index (χ0v) is 9.95. The van der Waals surface area contributed by atoms with E-state index in [0.29, 0.717) is 12.2 Å². The van der Waals surface area contributed by atoms with E-state index in [-0.39, 0.29) is 0 Å². The number of alkyl halides is 2. The highest BCUT2D eigenvalue weighted by Gasteiger charge is 2.10. The summed E-state index contributed by atoms with van der Waals surface area (Å²) in [6, 6.07) is 13.3. The molecule has 19 heavy (non-hydrogen) atoms. The van der Waals surface area contributed by atoms with E-state index in [1.54, 1.807) is 0 Å². The largest absolute Gasteiger partial charge is 0.432 e. The lowest BCUT2D eigenvalue weighted by atomic mass is 10.2. The molecule has 0 spiro atoms. The Morgan fingerprint density at radius 3 is 2.42 bits per heavy atom. The first-order chi connectivity index (χ1) is 9.15. The van der Waals surface area contributed by atoms with E-state index in [4.69, 9.17) is 0 Å². The zero-order chi connectivity index (χ0) is 13.7. The molecule has 0 aromatic heterocycles. The maximum absolute atomic E-state index is 13.4. The van der Waals surface area contributed by atoms with Gasteiger partial charge in [-0.1, -0.05) is 30.3 Å². The number of hydrogen-bond donors (Lipinski definition) is 1. The molecule has 2 aromatic carbocycles. The van der Waals surface area contributed by atoms with Crippen LogP contribution in [0.25, 0.3) is 0 Å². The summed E-state index contributed by atoms with van der Waals surface area (Å²) in [6.45, 7) is -2.51. The van der Waals surface area contributed by atoms with E-state index in [1.165, 1.54) is 12.1 Å². The normalized spacial score (nSPS) is 10.5. The minimum atomic E-state index is -3.03. The van der Waals surface area contributed by atoms with Gasteiger partial charge in [-0.2, -0.15) is 8.78 Å². The number of ether oxygens (including phenoxy) is 1. The smallest absolute Gasteiger partial charge is 0.387 e. The number of nitrogens with one attached hydrogen (secondary N) is 1. The first-order valence-electron chi connectivity index (χ1n) is 5.67. The highest BCUT2D eigenvalue weighted by atomic mass is 19.3. The summed E-state index contributed by atoms with van der Waals surface area (Å²) in [4.78, 5) is 0. The monoisotopic (exact) mass is 267 g/mol. The Kier molecular flexibility index (Phi) is 4.28. The van der Waals surface area contributed by atoms with Crippen LogP contribution in [0.3, 0.4) is 0 Å².